The van der Waals surface area contributed by atoms with Crippen molar-refractivity contribution in [1.82, 2.24) is 4.90 Å². The van der Waals surface area contributed by atoms with Crippen molar-refractivity contribution in [2.45, 2.75) is 17.7 Å². The van der Waals surface area contributed by atoms with Crippen LogP contribution in [0.2, 0.25) is 0 Å². The number of benzene rings is 1. The molecule has 0 aromatic heterocycles. The van der Waals surface area contributed by atoms with Crippen molar-refractivity contribution < 1.29 is 4.74 Å². The number of methoxy groups -OCH3 is 1. The van der Waals surface area contributed by atoms with Crippen molar-refractivity contribution in [3.05, 3.63) is 29.8 Å². The normalized spacial score (nSPS) is 21.2. The minimum atomic E-state index is 0.698. The molecule has 1 saturated heterocycles. The molecule has 1 aliphatic rings. The van der Waals surface area contributed by atoms with E-state index in [1.165, 1.54) is 25.1 Å². The fourth-order valence-corrected chi connectivity index (χ4v) is 2.68. The molecule has 1 aromatic carbocycles. The van der Waals surface area contributed by atoms with E-state index in [9.17, 15) is 0 Å². The Balaban J connectivity index is 1.80. The lowest BCUT2D eigenvalue weighted by Gasteiger charge is -2.14. The molecule has 0 bridgehead atoms. The molecule has 88 valence electrons. The van der Waals surface area contributed by atoms with Gasteiger partial charge in [-0.3, -0.25) is 0 Å². The standard InChI is InChI=1S/C13H18BrNO/c1-16-13-4-2-11(3-5-13)6-8-15-9-7-12(14)10-15/h2-5,12H,6-10H2,1H3. The molecule has 1 unspecified atom stereocenters. The molecule has 1 aliphatic heterocycles. The summed E-state index contributed by atoms with van der Waals surface area (Å²) in [4.78, 5) is 3.22. The molecule has 1 heterocycles. The maximum absolute atomic E-state index is 5.14. The average molecular weight is 284 g/mol. The third-order valence-electron chi connectivity index (χ3n) is 3.09. The van der Waals surface area contributed by atoms with Gasteiger partial charge in [0.15, 0.2) is 0 Å². The fourth-order valence-electron chi connectivity index (χ4n) is 2.07. The van der Waals surface area contributed by atoms with Crippen LogP contribution in [-0.2, 0) is 6.42 Å². The minimum absolute atomic E-state index is 0.698. The molecule has 16 heavy (non-hydrogen) atoms. The van der Waals surface area contributed by atoms with E-state index in [1.807, 2.05) is 12.1 Å². The van der Waals surface area contributed by atoms with Crippen LogP contribution in [0.25, 0.3) is 0 Å². The van der Waals surface area contributed by atoms with Gasteiger partial charge in [-0.15, -0.1) is 0 Å². The highest BCUT2D eigenvalue weighted by atomic mass is 79.9. The van der Waals surface area contributed by atoms with Crippen LogP contribution >= 0.6 is 15.9 Å². The molecule has 0 aliphatic carbocycles. The van der Waals surface area contributed by atoms with Gasteiger partial charge in [-0.25, -0.2) is 0 Å². The Kier molecular flexibility index (Phi) is 4.24. The van der Waals surface area contributed by atoms with Crippen LogP contribution in [0.15, 0.2) is 24.3 Å². The molecular weight excluding hydrogens is 266 g/mol. The van der Waals surface area contributed by atoms with Crippen molar-refractivity contribution in [3.63, 3.8) is 0 Å². The van der Waals surface area contributed by atoms with E-state index in [-0.39, 0.29) is 0 Å². The summed E-state index contributed by atoms with van der Waals surface area (Å²) in [5.41, 5.74) is 1.39. The smallest absolute Gasteiger partial charge is 0.118 e. The Hall–Kier alpha value is -0.540. The SMILES string of the molecule is COc1ccc(CCN2CCC(Br)C2)cc1. The second kappa shape index (κ2) is 5.69. The first-order valence-electron chi connectivity index (χ1n) is 5.77. The van der Waals surface area contributed by atoms with E-state index in [0.29, 0.717) is 4.83 Å². The second-order valence-corrected chi connectivity index (χ2v) is 5.58. The molecule has 0 saturated carbocycles. The number of hydrogen-bond donors (Lipinski definition) is 0. The van der Waals surface area contributed by atoms with Crippen LogP contribution < -0.4 is 4.74 Å². The second-order valence-electron chi connectivity index (χ2n) is 4.28. The Morgan fingerprint density at radius 3 is 2.69 bits per heavy atom. The number of halogens is 1. The number of likely N-dealkylation sites (tertiary alicyclic amines) is 1. The molecule has 0 radical (unpaired) electrons. The molecule has 0 amide bonds. The van der Waals surface area contributed by atoms with Gasteiger partial charge < -0.3 is 9.64 Å². The van der Waals surface area contributed by atoms with Crippen molar-refractivity contribution in [2.24, 2.45) is 0 Å². The summed E-state index contributed by atoms with van der Waals surface area (Å²) >= 11 is 3.67. The lowest BCUT2D eigenvalue weighted by atomic mass is 10.1. The van der Waals surface area contributed by atoms with Crippen LogP contribution in [0, 0.1) is 0 Å². The van der Waals surface area contributed by atoms with E-state index in [2.05, 4.69) is 33.0 Å². The van der Waals surface area contributed by atoms with E-state index in [0.717, 1.165) is 18.7 Å². The van der Waals surface area contributed by atoms with Gasteiger partial charge in [-0.05, 0) is 37.1 Å². The number of rotatable bonds is 4. The summed E-state index contributed by atoms with van der Waals surface area (Å²) in [7, 11) is 1.70. The Morgan fingerprint density at radius 1 is 1.38 bits per heavy atom. The summed E-state index contributed by atoms with van der Waals surface area (Å²) in [5, 5.41) is 0. The monoisotopic (exact) mass is 283 g/mol. The molecule has 1 fully saturated rings. The molecule has 2 rings (SSSR count). The summed E-state index contributed by atoms with van der Waals surface area (Å²) in [6.45, 7) is 3.58. The predicted octanol–water partition coefficient (Wildman–Crippen LogP) is 2.71. The highest BCUT2D eigenvalue weighted by Gasteiger charge is 2.18. The van der Waals surface area contributed by atoms with E-state index < -0.39 is 0 Å². The topological polar surface area (TPSA) is 12.5 Å². The van der Waals surface area contributed by atoms with Crippen LogP contribution in [0.1, 0.15) is 12.0 Å². The molecular formula is C13H18BrNO. The predicted molar refractivity (Wildman–Crippen MR) is 70.5 cm³/mol. The Morgan fingerprint density at radius 2 is 2.12 bits per heavy atom. The Bertz CT molecular complexity index is 325. The van der Waals surface area contributed by atoms with E-state index in [1.54, 1.807) is 7.11 Å². The number of nitrogens with zero attached hydrogens (tertiary/aromatic N) is 1. The lowest BCUT2D eigenvalue weighted by Crippen LogP contribution is -2.23. The van der Waals surface area contributed by atoms with Gasteiger partial charge in [0, 0.05) is 17.9 Å². The van der Waals surface area contributed by atoms with Gasteiger partial charge in [0.1, 0.15) is 5.75 Å². The van der Waals surface area contributed by atoms with Crippen LogP contribution in [0.5, 0.6) is 5.75 Å². The molecule has 1 aromatic rings. The maximum Gasteiger partial charge on any atom is 0.118 e. The maximum atomic E-state index is 5.14. The molecule has 1 atom stereocenters. The van der Waals surface area contributed by atoms with Crippen molar-refractivity contribution >= 4 is 15.9 Å². The fraction of sp³-hybridized carbons (Fsp3) is 0.538. The van der Waals surface area contributed by atoms with Crippen LogP contribution in [0.3, 0.4) is 0 Å². The van der Waals surface area contributed by atoms with Crippen molar-refractivity contribution in [1.29, 1.82) is 0 Å². The summed E-state index contributed by atoms with van der Waals surface area (Å²) in [5.74, 6) is 0.936. The van der Waals surface area contributed by atoms with Gasteiger partial charge in [0.25, 0.3) is 0 Å². The largest absolute Gasteiger partial charge is 0.497 e. The highest BCUT2D eigenvalue weighted by molar-refractivity contribution is 9.09. The quantitative estimate of drug-likeness (QED) is 0.788. The van der Waals surface area contributed by atoms with Crippen molar-refractivity contribution in [3.8, 4) is 5.75 Å². The van der Waals surface area contributed by atoms with Gasteiger partial charge in [-0.1, -0.05) is 28.1 Å². The van der Waals surface area contributed by atoms with Gasteiger partial charge in [-0.2, -0.15) is 0 Å². The van der Waals surface area contributed by atoms with Gasteiger partial charge in [0.05, 0.1) is 7.11 Å². The zero-order chi connectivity index (χ0) is 11.4. The third-order valence-corrected chi connectivity index (χ3v) is 3.84. The summed E-state index contributed by atoms with van der Waals surface area (Å²) in [6, 6.07) is 8.38. The summed E-state index contributed by atoms with van der Waals surface area (Å²) < 4.78 is 5.14. The summed E-state index contributed by atoms with van der Waals surface area (Å²) in [6.07, 6.45) is 2.41. The van der Waals surface area contributed by atoms with E-state index in [4.69, 9.17) is 4.74 Å². The molecule has 0 spiro atoms. The highest BCUT2D eigenvalue weighted by Crippen LogP contribution is 2.17. The average Bonchev–Trinajstić information content (AvgIpc) is 2.73. The van der Waals surface area contributed by atoms with Gasteiger partial charge in [0.2, 0.25) is 0 Å². The zero-order valence-corrected chi connectivity index (χ0v) is 11.2. The van der Waals surface area contributed by atoms with Gasteiger partial charge >= 0.3 is 0 Å². The number of ether oxygens (including phenoxy) is 1. The van der Waals surface area contributed by atoms with E-state index >= 15 is 0 Å². The number of alkyl halides is 1. The first-order chi connectivity index (χ1) is 7.78. The van der Waals surface area contributed by atoms with Crippen LogP contribution in [-0.4, -0.2) is 36.5 Å². The minimum Gasteiger partial charge on any atom is -0.497 e. The number of hydrogen-bond acceptors (Lipinski definition) is 2. The molecule has 3 heteroatoms. The van der Waals surface area contributed by atoms with Crippen molar-refractivity contribution in [2.75, 3.05) is 26.7 Å². The first kappa shape index (κ1) is 11.9. The molecule has 2 nitrogen and oxygen atoms in total. The zero-order valence-electron chi connectivity index (χ0n) is 9.66. The Labute approximate surface area is 106 Å². The lowest BCUT2D eigenvalue weighted by molar-refractivity contribution is 0.344. The third kappa shape index (κ3) is 3.22. The van der Waals surface area contributed by atoms with Crippen LogP contribution in [0.4, 0.5) is 0 Å². The first-order valence-corrected chi connectivity index (χ1v) is 6.69. The molecule has 0 N–H and O–H groups in total.